The number of rotatable bonds is 9. The van der Waals surface area contributed by atoms with Gasteiger partial charge in [-0.15, -0.1) is 0 Å². The van der Waals surface area contributed by atoms with E-state index >= 15 is 0 Å². The Balaban J connectivity index is 1.89. The van der Waals surface area contributed by atoms with Crippen LogP contribution < -0.4 is 10.4 Å². The van der Waals surface area contributed by atoms with Crippen LogP contribution in [0.1, 0.15) is 24.2 Å². The van der Waals surface area contributed by atoms with Crippen molar-refractivity contribution in [2.24, 2.45) is 5.92 Å². The van der Waals surface area contributed by atoms with E-state index in [1.165, 1.54) is 12.2 Å². The van der Waals surface area contributed by atoms with Crippen LogP contribution in [0.3, 0.4) is 0 Å². The Morgan fingerprint density at radius 2 is 1.76 bits per heavy atom. The summed E-state index contributed by atoms with van der Waals surface area (Å²) in [7, 11) is 3.84. The summed E-state index contributed by atoms with van der Waals surface area (Å²) in [5.41, 5.74) is 4.30. The van der Waals surface area contributed by atoms with Crippen molar-refractivity contribution >= 4 is 17.4 Å². The zero-order valence-electron chi connectivity index (χ0n) is 19.1. The summed E-state index contributed by atoms with van der Waals surface area (Å²) < 4.78 is 5.13. The van der Waals surface area contributed by atoms with Crippen molar-refractivity contribution in [3.05, 3.63) is 53.6 Å². The highest BCUT2D eigenvalue weighted by Crippen LogP contribution is 2.21. The smallest absolute Gasteiger partial charge is 0.267 e. The molecular formula is C23H32N2O8. The number of aliphatic hydroxyl groups is 4. The van der Waals surface area contributed by atoms with E-state index in [1.54, 1.807) is 32.1 Å². The van der Waals surface area contributed by atoms with Gasteiger partial charge in [-0.2, -0.15) is 0 Å². The van der Waals surface area contributed by atoms with Crippen molar-refractivity contribution in [2.45, 2.75) is 44.6 Å². The molecule has 1 aromatic carbocycles. The van der Waals surface area contributed by atoms with E-state index in [1.807, 2.05) is 31.1 Å². The molecule has 182 valence electrons. The van der Waals surface area contributed by atoms with Gasteiger partial charge in [-0.25, -0.2) is 10.3 Å². The van der Waals surface area contributed by atoms with Gasteiger partial charge in [0.15, 0.2) is 5.78 Å². The molecule has 0 spiro atoms. The molecule has 1 aliphatic rings. The first-order chi connectivity index (χ1) is 15.5. The number of allylic oxidation sites excluding steroid dienone is 3. The number of ether oxygens (including phenoxy) is 1. The lowest BCUT2D eigenvalue weighted by Gasteiger charge is -2.38. The lowest BCUT2D eigenvalue weighted by atomic mass is 9.97. The molecule has 0 bridgehead atoms. The topological polar surface area (TPSA) is 149 Å². The van der Waals surface area contributed by atoms with Gasteiger partial charge in [-0.05, 0) is 31.2 Å². The number of nitrogens with zero attached hydrogens (tertiary/aromatic N) is 1. The summed E-state index contributed by atoms with van der Waals surface area (Å²) in [6.45, 7) is 2.89. The third kappa shape index (κ3) is 7.19. The Kier molecular flexibility index (Phi) is 9.71. The largest absolute Gasteiger partial charge is 0.394 e. The highest BCUT2D eigenvalue weighted by Gasteiger charge is 2.44. The van der Waals surface area contributed by atoms with E-state index in [4.69, 9.17) is 14.7 Å². The highest BCUT2D eigenvalue weighted by molar-refractivity contribution is 5.99. The molecule has 0 saturated carbocycles. The van der Waals surface area contributed by atoms with E-state index in [-0.39, 0.29) is 5.78 Å². The average molecular weight is 465 g/mol. The van der Waals surface area contributed by atoms with Gasteiger partial charge >= 0.3 is 0 Å². The van der Waals surface area contributed by atoms with Crippen LogP contribution in [-0.4, -0.2) is 83.5 Å². The summed E-state index contributed by atoms with van der Waals surface area (Å²) in [6, 6.07) is 7.29. The second-order valence-corrected chi connectivity index (χ2v) is 8.12. The number of ketones is 1. The number of amides is 1. The maximum absolute atomic E-state index is 12.6. The molecule has 10 nitrogen and oxygen atoms in total. The quantitative estimate of drug-likeness (QED) is 0.146. The first kappa shape index (κ1) is 26.7. The number of carbonyl (C=O) groups excluding carboxylic acids is 2. The summed E-state index contributed by atoms with van der Waals surface area (Å²) in [5, 5.41) is 38.5. The van der Waals surface area contributed by atoms with Crippen LogP contribution in [0.25, 0.3) is 0 Å². The predicted octanol–water partition coefficient (Wildman–Crippen LogP) is -0.0784. The Bertz CT molecular complexity index is 866. The molecule has 10 heteroatoms. The molecule has 1 amide bonds. The molecule has 5 N–H and O–H groups in total. The van der Waals surface area contributed by atoms with Crippen molar-refractivity contribution in [1.29, 1.82) is 0 Å². The number of Topliss-reactive ketones (excluding diaryl/α,β-unsaturated/α-hetero) is 1. The molecule has 1 aromatic rings. The Morgan fingerprint density at radius 3 is 2.33 bits per heavy atom. The fourth-order valence-corrected chi connectivity index (χ4v) is 3.23. The van der Waals surface area contributed by atoms with Gasteiger partial charge in [0.1, 0.15) is 24.4 Å². The number of anilines is 1. The number of hydroxylamine groups is 1. The second kappa shape index (κ2) is 12.0. The van der Waals surface area contributed by atoms with Crippen LogP contribution in [-0.2, 0) is 14.4 Å². The molecule has 33 heavy (non-hydrogen) atoms. The summed E-state index contributed by atoms with van der Waals surface area (Å²) in [6.07, 6.45) is -3.02. The molecule has 0 radical (unpaired) electrons. The Hall–Kier alpha value is -2.60. The number of hydrogen-bond acceptors (Lipinski definition) is 9. The van der Waals surface area contributed by atoms with Crippen molar-refractivity contribution in [3.8, 4) is 0 Å². The molecule has 0 aromatic heterocycles. The lowest BCUT2D eigenvalue weighted by molar-refractivity contribution is -0.312. The lowest BCUT2D eigenvalue weighted by Crippen LogP contribution is -2.60. The number of nitrogens with one attached hydrogen (secondary N) is 1. The molecule has 1 aliphatic heterocycles. The van der Waals surface area contributed by atoms with Crippen LogP contribution >= 0.6 is 0 Å². The molecule has 0 unspecified atom stereocenters. The van der Waals surface area contributed by atoms with Crippen LogP contribution in [0.4, 0.5) is 5.69 Å². The first-order valence-electron chi connectivity index (χ1n) is 10.5. The number of benzene rings is 1. The van der Waals surface area contributed by atoms with Crippen LogP contribution in [0.5, 0.6) is 0 Å². The molecule has 2 rings (SSSR count). The zero-order chi connectivity index (χ0) is 24.7. The molecule has 1 heterocycles. The average Bonchev–Trinajstić information content (AvgIpc) is 2.80. The Morgan fingerprint density at radius 1 is 1.12 bits per heavy atom. The third-order valence-electron chi connectivity index (χ3n) is 5.22. The maximum Gasteiger partial charge on any atom is 0.267 e. The maximum atomic E-state index is 12.6. The van der Waals surface area contributed by atoms with Gasteiger partial charge in [-0.3, -0.25) is 9.59 Å². The van der Waals surface area contributed by atoms with Gasteiger partial charge in [0.05, 0.1) is 6.61 Å². The summed E-state index contributed by atoms with van der Waals surface area (Å²) >= 11 is 0. The van der Waals surface area contributed by atoms with Crippen LogP contribution in [0, 0.1) is 5.92 Å². The summed E-state index contributed by atoms with van der Waals surface area (Å²) in [5.74, 6) is -1.14. The van der Waals surface area contributed by atoms with Gasteiger partial charge in [0.2, 0.25) is 6.29 Å². The standard InChI is InChI=1S/C23H32N2O8/c1-13(11-14(2)19(28)15-6-8-16(9-7-15)25(3)4)5-10-18(27)24-33-23-22(31)21(30)20(29)17(12-26)32-23/h5-11,14,17,20-23,26,29-31H,12H2,1-4H3,(H,24,27)/t14-,17-,20-,21+,22-,23-/m1/s1. The fourth-order valence-electron chi connectivity index (χ4n) is 3.23. The van der Waals surface area contributed by atoms with Crippen molar-refractivity contribution in [2.75, 3.05) is 25.6 Å². The minimum atomic E-state index is -1.63. The van der Waals surface area contributed by atoms with E-state index < -0.39 is 49.1 Å². The molecule has 1 saturated heterocycles. The highest BCUT2D eigenvalue weighted by atomic mass is 16.8. The molecular weight excluding hydrogens is 432 g/mol. The van der Waals surface area contributed by atoms with E-state index in [2.05, 4.69) is 5.48 Å². The minimum Gasteiger partial charge on any atom is -0.394 e. The number of carbonyl (C=O) groups is 2. The molecule has 0 aliphatic carbocycles. The van der Waals surface area contributed by atoms with Crippen LogP contribution in [0.2, 0.25) is 0 Å². The predicted molar refractivity (Wildman–Crippen MR) is 120 cm³/mol. The van der Waals surface area contributed by atoms with Gasteiger partial charge in [-0.1, -0.05) is 24.6 Å². The number of hydrogen-bond donors (Lipinski definition) is 5. The Labute approximate surface area is 192 Å². The minimum absolute atomic E-state index is 0.0524. The zero-order valence-corrected chi connectivity index (χ0v) is 19.1. The molecule has 6 atom stereocenters. The second-order valence-electron chi connectivity index (χ2n) is 8.12. The van der Waals surface area contributed by atoms with E-state index in [9.17, 15) is 24.9 Å². The fraction of sp³-hybridized carbons (Fsp3) is 0.478. The van der Waals surface area contributed by atoms with E-state index in [0.717, 1.165) is 5.69 Å². The monoisotopic (exact) mass is 464 g/mol. The first-order valence-corrected chi connectivity index (χ1v) is 10.5. The van der Waals surface area contributed by atoms with Crippen molar-refractivity contribution in [1.82, 2.24) is 5.48 Å². The normalized spacial score (nSPS) is 26.8. The number of aliphatic hydroxyl groups excluding tert-OH is 4. The van der Waals surface area contributed by atoms with Gasteiger partial charge < -0.3 is 30.1 Å². The van der Waals surface area contributed by atoms with E-state index in [0.29, 0.717) is 11.1 Å². The SMILES string of the molecule is CC(C=CC(=O)NO[C@H]1O[C@H](CO)[C@@H](O)[C@H](O)[C@H]1O)=C[C@@H](C)C(=O)c1ccc(N(C)C)cc1. The summed E-state index contributed by atoms with van der Waals surface area (Å²) in [4.78, 5) is 31.5. The third-order valence-corrected chi connectivity index (χ3v) is 5.22. The van der Waals surface area contributed by atoms with Gasteiger partial charge in [0.25, 0.3) is 5.91 Å². The van der Waals surface area contributed by atoms with Crippen LogP contribution in [0.15, 0.2) is 48.1 Å². The van der Waals surface area contributed by atoms with Crippen molar-refractivity contribution in [3.63, 3.8) is 0 Å². The van der Waals surface area contributed by atoms with Crippen molar-refractivity contribution < 1.29 is 39.6 Å². The van der Waals surface area contributed by atoms with Gasteiger partial charge in [0, 0.05) is 37.3 Å². The molecule has 1 fully saturated rings.